The summed E-state index contributed by atoms with van der Waals surface area (Å²) in [6, 6.07) is 34.8. The number of benzene rings is 5. The van der Waals surface area contributed by atoms with Gasteiger partial charge in [-0.1, -0.05) is 146 Å². The average molecular weight is 835 g/mol. The Morgan fingerprint density at radius 2 is 1.00 bits per heavy atom. The molecule has 0 amide bonds. The van der Waals surface area contributed by atoms with E-state index in [0.29, 0.717) is 17.1 Å². The van der Waals surface area contributed by atoms with Crippen LogP contribution >= 0.6 is 0 Å². The third-order valence-electron chi connectivity index (χ3n) is 12.3. The standard InChI is InChI=1S/C58H66N4O/c1-35-20-21-60-49(22-35)39-23-38(26-40(27-39)54(2,3)4)48-28-37(36-24-41(55(5,6)7)30-42(25-36)56(8,9)10)29-50-52(48)61-53(47-19-18-45(59-17)34-51(47)63)62(50)46-32-43(57(11,12)13)31-44(33-46)58(14,15)16/h18-34,63H,1-16H3. The van der Waals surface area contributed by atoms with E-state index in [4.69, 9.17) is 16.5 Å². The number of phenols is 1. The van der Waals surface area contributed by atoms with E-state index in [1.54, 1.807) is 12.1 Å². The number of nitrogens with zero attached hydrogens (tertiary/aromatic N) is 4. The van der Waals surface area contributed by atoms with Crippen LogP contribution in [0.5, 0.6) is 5.75 Å². The Morgan fingerprint density at radius 1 is 0.508 bits per heavy atom. The van der Waals surface area contributed by atoms with Gasteiger partial charge >= 0.3 is 0 Å². The summed E-state index contributed by atoms with van der Waals surface area (Å²) in [5.74, 6) is 0.620. The van der Waals surface area contributed by atoms with Gasteiger partial charge in [0.25, 0.3) is 0 Å². The van der Waals surface area contributed by atoms with Gasteiger partial charge in [0.1, 0.15) is 11.6 Å². The van der Waals surface area contributed by atoms with Gasteiger partial charge in [-0.05, 0) is 139 Å². The minimum Gasteiger partial charge on any atom is -0.509 e. The van der Waals surface area contributed by atoms with Gasteiger partial charge in [0.05, 0.1) is 28.9 Å². The van der Waals surface area contributed by atoms with Crippen molar-refractivity contribution in [1.82, 2.24) is 14.5 Å². The Hall–Kier alpha value is -5.99. The Morgan fingerprint density at radius 3 is 1.51 bits per heavy atom. The number of phenolic OH excluding ortho intramolecular Hbond substituents is 1. The van der Waals surface area contributed by atoms with Crippen LogP contribution in [0.4, 0.5) is 5.69 Å². The highest BCUT2D eigenvalue weighted by atomic mass is 16.3. The summed E-state index contributed by atoms with van der Waals surface area (Å²) in [5.41, 5.74) is 16.6. The molecular weight excluding hydrogens is 769 g/mol. The molecule has 0 saturated carbocycles. The molecule has 0 bridgehead atoms. The van der Waals surface area contributed by atoms with Crippen LogP contribution in [0.25, 0.3) is 66.5 Å². The van der Waals surface area contributed by atoms with Crippen molar-refractivity contribution in [2.45, 2.75) is 138 Å². The monoisotopic (exact) mass is 835 g/mol. The lowest BCUT2D eigenvalue weighted by Gasteiger charge is -2.27. The number of aryl methyl sites for hydroxylation is 1. The maximum absolute atomic E-state index is 11.8. The van der Waals surface area contributed by atoms with Crippen molar-refractivity contribution >= 4 is 16.7 Å². The van der Waals surface area contributed by atoms with Gasteiger partial charge in [0.15, 0.2) is 5.69 Å². The zero-order valence-electron chi connectivity index (χ0n) is 40.6. The van der Waals surface area contributed by atoms with Crippen molar-refractivity contribution in [3.8, 4) is 56.3 Å². The quantitative estimate of drug-likeness (QED) is 0.176. The van der Waals surface area contributed by atoms with Crippen LogP contribution in [0.2, 0.25) is 0 Å². The maximum atomic E-state index is 11.8. The molecule has 0 spiro atoms. The number of imidazole rings is 1. The molecule has 5 aromatic carbocycles. The van der Waals surface area contributed by atoms with E-state index in [2.05, 4.69) is 193 Å². The Bertz CT molecular complexity index is 2870. The summed E-state index contributed by atoms with van der Waals surface area (Å²) in [7, 11) is 0. The molecule has 5 heteroatoms. The first-order valence-electron chi connectivity index (χ1n) is 22.3. The van der Waals surface area contributed by atoms with E-state index in [-0.39, 0.29) is 32.8 Å². The van der Waals surface area contributed by atoms with Crippen LogP contribution < -0.4 is 0 Å². The van der Waals surface area contributed by atoms with E-state index < -0.39 is 0 Å². The molecule has 5 nitrogen and oxygen atoms in total. The summed E-state index contributed by atoms with van der Waals surface area (Å²) in [6.07, 6.45) is 1.89. The second-order valence-electron chi connectivity index (χ2n) is 22.8. The van der Waals surface area contributed by atoms with Gasteiger partial charge in [-0.25, -0.2) is 9.83 Å². The average Bonchev–Trinajstić information content (AvgIpc) is 3.57. The lowest BCUT2D eigenvalue weighted by Crippen LogP contribution is -2.17. The highest BCUT2D eigenvalue weighted by Gasteiger charge is 2.28. The number of fused-ring (bicyclic) bond motifs is 1. The largest absolute Gasteiger partial charge is 0.509 e. The molecule has 0 radical (unpaired) electrons. The minimum absolute atomic E-state index is 0.0140. The first-order chi connectivity index (χ1) is 29.1. The van der Waals surface area contributed by atoms with Crippen LogP contribution in [-0.4, -0.2) is 19.6 Å². The minimum atomic E-state index is -0.161. The summed E-state index contributed by atoms with van der Waals surface area (Å²) >= 11 is 0. The third kappa shape index (κ3) is 9.24. The van der Waals surface area contributed by atoms with E-state index in [9.17, 15) is 5.11 Å². The van der Waals surface area contributed by atoms with Crippen LogP contribution in [-0.2, 0) is 27.1 Å². The van der Waals surface area contributed by atoms with Crippen molar-refractivity contribution in [1.29, 1.82) is 0 Å². The maximum Gasteiger partial charge on any atom is 0.190 e. The molecule has 0 atom stereocenters. The van der Waals surface area contributed by atoms with Crippen LogP contribution in [0.3, 0.4) is 0 Å². The fourth-order valence-electron chi connectivity index (χ4n) is 8.11. The van der Waals surface area contributed by atoms with E-state index >= 15 is 0 Å². The van der Waals surface area contributed by atoms with E-state index in [1.165, 1.54) is 27.8 Å². The lowest BCUT2D eigenvalue weighted by molar-refractivity contribution is 0.477. The van der Waals surface area contributed by atoms with Crippen molar-refractivity contribution in [3.63, 3.8) is 0 Å². The molecular formula is C58H66N4O. The number of pyridine rings is 1. The Labute approximate surface area is 377 Å². The lowest BCUT2D eigenvalue weighted by atomic mass is 9.78. The summed E-state index contributed by atoms with van der Waals surface area (Å²) < 4.78 is 2.24. The predicted molar refractivity (Wildman–Crippen MR) is 267 cm³/mol. The van der Waals surface area contributed by atoms with Gasteiger partial charge in [0.2, 0.25) is 0 Å². The normalized spacial score (nSPS) is 12.8. The van der Waals surface area contributed by atoms with E-state index in [0.717, 1.165) is 55.8 Å². The molecule has 0 unspecified atom stereocenters. The molecule has 0 aliphatic rings. The van der Waals surface area contributed by atoms with Gasteiger partial charge in [-0.2, -0.15) is 0 Å². The van der Waals surface area contributed by atoms with Gasteiger partial charge < -0.3 is 5.11 Å². The second kappa shape index (κ2) is 15.7. The second-order valence-corrected chi connectivity index (χ2v) is 22.8. The fourth-order valence-corrected chi connectivity index (χ4v) is 8.11. The molecule has 0 aliphatic heterocycles. The highest BCUT2D eigenvalue weighted by Crippen LogP contribution is 2.45. The number of aromatic hydroxyl groups is 1. The Balaban J connectivity index is 1.71. The van der Waals surface area contributed by atoms with Crippen LogP contribution in [0.1, 0.15) is 137 Å². The number of hydrogen-bond acceptors (Lipinski definition) is 3. The number of hydrogen-bond donors (Lipinski definition) is 1. The first-order valence-corrected chi connectivity index (χ1v) is 22.3. The summed E-state index contributed by atoms with van der Waals surface area (Å²) in [5, 5.41) is 11.8. The number of aromatic nitrogens is 3. The third-order valence-corrected chi connectivity index (χ3v) is 12.3. The topological polar surface area (TPSA) is 55.3 Å². The molecule has 0 fully saturated rings. The zero-order chi connectivity index (χ0) is 46.2. The van der Waals surface area contributed by atoms with Crippen molar-refractivity contribution in [3.05, 3.63) is 148 Å². The SMILES string of the molecule is [C-]#[N+]c1ccc(-c2nc3c(-c4cc(-c5cc(C)ccn5)cc(C(C)(C)C)c4)cc(-c4cc(C(C)(C)C)cc(C(C)(C)C)c4)cc3n2-c2cc(C(C)(C)C)cc(C(C)(C)C)c2)c(O)c1. The number of rotatable bonds is 5. The molecule has 7 rings (SSSR count). The van der Waals surface area contributed by atoms with E-state index in [1.807, 2.05) is 18.3 Å². The molecule has 324 valence electrons. The molecule has 0 aliphatic carbocycles. The zero-order valence-corrected chi connectivity index (χ0v) is 40.6. The fraction of sp³-hybridized carbons (Fsp3) is 0.362. The van der Waals surface area contributed by atoms with Gasteiger partial charge in [-0.15, -0.1) is 0 Å². The van der Waals surface area contributed by atoms with Crippen LogP contribution in [0.15, 0.2) is 103 Å². The molecule has 63 heavy (non-hydrogen) atoms. The van der Waals surface area contributed by atoms with Crippen molar-refractivity contribution in [2.75, 3.05) is 0 Å². The smallest absolute Gasteiger partial charge is 0.190 e. The predicted octanol–water partition coefficient (Wildman–Crippen LogP) is 16.1. The summed E-state index contributed by atoms with van der Waals surface area (Å²) in [4.78, 5) is 14.1. The molecule has 0 saturated heterocycles. The Kier molecular flexibility index (Phi) is 11.2. The van der Waals surface area contributed by atoms with Crippen molar-refractivity contribution in [2.24, 2.45) is 0 Å². The molecule has 2 heterocycles. The summed E-state index contributed by atoms with van der Waals surface area (Å²) in [6.45, 7) is 43.9. The molecule has 7 aromatic rings. The first kappa shape index (κ1) is 45.0. The molecule has 2 aromatic heterocycles. The van der Waals surface area contributed by atoms with Crippen molar-refractivity contribution < 1.29 is 5.11 Å². The van der Waals surface area contributed by atoms with Gasteiger partial charge in [0, 0.05) is 23.0 Å². The molecule has 1 N–H and O–H groups in total. The van der Waals surface area contributed by atoms with Gasteiger partial charge in [-0.3, -0.25) is 9.55 Å². The highest BCUT2D eigenvalue weighted by molar-refractivity contribution is 6.00. The van der Waals surface area contributed by atoms with Crippen LogP contribution in [0, 0.1) is 13.5 Å².